The molecule has 1 N–H and O–H groups in total. The standard InChI is InChI=1S/C36H46O3/c1-24-19-29(23-37)33(26-11-7-5-8-12-26)21-31(24)36(28-15-17-30(38-3)18-16-28)32-22-34(27-13-9-6-10-14-27)35(39-4)20-25(32)2/h15-22,26-27,36-37H,5-14,23H2,1-4H3. The van der Waals surface area contributed by atoms with E-state index in [-0.39, 0.29) is 12.5 Å². The van der Waals surface area contributed by atoms with Crippen LogP contribution in [0.4, 0.5) is 0 Å². The van der Waals surface area contributed by atoms with Gasteiger partial charge in [-0.25, -0.2) is 0 Å². The summed E-state index contributed by atoms with van der Waals surface area (Å²) in [6.45, 7) is 4.56. The molecule has 0 aliphatic heterocycles. The van der Waals surface area contributed by atoms with E-state index < -0.39 is 0 Å². The van der Waals surface area contributed by atoms with Gasteiger partial charge in [-0.2, -0.15) is 0 Å². The lowest BCUT2D eigenvalue weighted by atomic mass is 9.75. The Morgan fingerprint density at radius 3 is 1.77 bits per heavy atom. The van der Waals surface area contributed by atoms with Crippen molar-refractivity contribution in [3.63, 3.8) is 0 Å². The molecule has 39 heavy (non-hydrogen) atoms. The van der Waals surface area contributed by atoms with E-state index in [9.17, 15) is 5.11 Å². The predicted octanol–water partition coefficient (Wildman–Crippen LogP) is 9.09. The minimum atomic E-state index is 0.0965. The zero-order valence-electron chi connectivity index (χ0n) is 24.4. The van der Waals surface area contributed by atoms with Crippen LogP contribution in [-0.2, 0) is 6.61 Å². The lowest BCUT2D eigenvalue weighted by Gasteiger charge is -2.30. The second-order valence-electron chi connectivity index (χ2n) is 11.9. The highest BCUT2D eigenvalue weighted by Gasteiger charge is 2.28. The van der Waals surface area contributed by atoms with Gasteiger partial charge in [-0.1, -0.05) is 68.9 Å². The number of hydrogen-bond donors (Lipinski definition) is 1. The number of benzene rings is 3. The van der Waals surface area contributed by atoms with Crippen LogP contribution in [0.5, 0.6) is 11.5 Å². The van der Waals surface area contributed by atoms with E-state index in [0.29, 0.717) is 11.8 Å². The third kappa shape index (κ3) is 5.89. The first-order chi connectivity index (χ1) is 19.0. The average Bonchev–Trinajstić information content (AvgIpc) is 2.99. The fourth-order valence-electron chi connectivity index (χ4n) is 7.30. The number of methoxy groups -OCH3 is 2. The van der Waals surface area contributed by atoms with Gasteiger partial charge in [0.2, 0.25) is 0 Å². The Morgan fingerprint density at radius 1 is 0.692 bits per heavy atom. The van der Waals surface area contributed by atoms with Crippen LogP contribution in [0.25, 0.3) is 0 Å². The number of aliphatic hydroxyl groups is 1. The maximum Gasteiger partial charge on any atom is 0.122 e. The fraction of sp³-hybridized carbons (Fsp3) is 0.500. The van der Waals surface area contributed by atoms with Crippen LogP contribution in [0.1, 0.15) is 126 Å². The third-order valence-electron chi connectivity index (χ3n) is 9.48. The third-order valence-corrected chi connectivity index (χ3v) is 9.48. The first-order valence-electron chi connectivity index (χ1n) is 15.1. The van der Waals surface area contributed by atoms with Gasteiger partial charge in [-0.3, -0.25) is 0 Å². The van der Waals surface area contributed by atoms with Crippen LogP contribution < -0.4 is 9.47 Å². The molecule has 2 aliphatic carbocycles. The van der Waals surface area contributed by atoms with E-state index in [4.69, 9.17) is 9.47 Å². The smallest absolute Gasteiger partial charge is 0.122 e. The summed E-state index contributed by atoms with van der Waals surface area (Å²) in [5, 5.41) is 10.3. The van der Waals surface area contributed by atoms with Crippen molar-refractivity contribution in [3.8, 4) is 11.5 Å². The Balaban J connectivity index is 1.70. The van der Waals surface area contributed by atoms with E-state index in [0.717, 1.165) is 17.1 Å². The topological polar surface area (TPSA) is 38.7 Å². The molecule has 1 atom stereocenters. The summed E-state index contributed by atoms with van der Waals surface area (Å²) >= 11 is 0. The molecule has 0 spiro atoms. The number of aryl methyl sites for hydroxylation is 2. The molecule has 1 unspecified atom stereocenters. The molecule has 3 aromatic carbocycles. The highest BCUT2D eigenvalue weighted by Crippen LogP contribution is 2.45. The van der Waals surface area contributed by atoms with Crippen LogP contribution in [0.2, 0.25) is 0 Å². The molecule has 2 saturated carbocycles. The van der Waals surface area contributed by atoms with Crippen LogP contribution in [0, 0.1) is 13.8 Å². The van der Waals surface area contributed by atoms with Gasteiger partial charge in [0.1, 0.15) is 11.5 Å². The van der Waals surface area contributed by atoms with E-state index in [2.05, 4.69) is 62.4 Å². The second-order valence-corrected chi connectivity index (χ2v) is 11.9. The molecule has 208 valence electrons. The summed E-state index contributed by atoms with van der Waals surface area (Å²) < 4.78 is 11.5. The SMILES string of the molecule is COc1ccc(C(c2cc(C3CCCCC3)c(CO)cc2C)c2cc(C3CCCCC3)c(OC)cc2C)cc1. The van der Waals surface area contributed by atoms with Crippen LogP contribution in [0.3, 0.4) is 0 Å². The molecule has 5 rings (SSSR count). The van der Waals surface area contributed by atoms with E-state index >= 15 is 0 Å². The zero-order valence-corrected chi connectivity index (χ0v) is 24.4. The van der Waals surface area contributed by atoms with Gasteiger partial charge in [0.25, 0.3) is 0 Å². The number of hydrogen-bond acceptors (Lipinski definition) is 3. The number of ether oxygens (including phenoxy) is 2. The monoisotopic (exact) mass is 526 g/mol. The molecule has 0 saturated heterocycles. The Bertz CT molecular complexity index is 1170. The Morgan fingerprint density at radius 2 is 1.23 bits per heavy atom. The van der Waals surface area contributed by atoms with Gasteiger partial charge < -0.3 is 14.6 Å². The van der Waals surface area contributed by atoms with E-state index in [1.54, 1.807) is 7.11 Å². The Labute approximate surface area is 235 Å². The van der Waals surface area contributed by atoms with Crippen molar-refractivity contribution in [1.29, 1.82) is 0 Å². The average molecular weight is 527 g/mol. The fourth-order valence-corrected chi connectivity index (χ4v) is 7.30. The van der Waals surface area contributed by atoms with Gasteiger partial charge in [0, 0.05) is 5.92 Å². The van der Waals surface area contributed by atoms with Gasteiger partial charge in [-0.15, -0.1) is 0 Å². The maximum absolute atomic E-state index is 10.3. The Kier molecular flexibility index (Phi) is 8.97. The molecule has 3 aromatic rings. The molecular formula is C36H46O3. The minimum Gasteiger partial charge on any atom is -0.497 e. The Hall–Kier alpha value is -2.78. The molecule has 3 heteroatoms. The van der Waals surface area contributed by atoms with Crippen molar-refractivity contribution in [3.05, 3.63) is 93.0 Å². The van der Waals surface area contributed by atoms with Crippen LogP contribution in [0.15, 0.2) is 48.5 Å². The van der Waals surface area contributed by atoms with Gasteiger partial charge in [0.15, 0.2) is 0 Å². The summed E-state index contributed by atoms with van der Waals surface area (Å²) in [7, 11) is 3.54. The van der Waals surface area contributed by atoms with Crippen molar-refractivity contribution in [2.45, 2.75) is 102 Å². The van der Waals surface area contributed by atoms with Crippen molar-refractivity contribution < 1.29 is 14.6 Å². The number of aliphatic hydroxyl groups excluding tert-OH is 1. The van der Waals surface area contributed by atoms with Crippen molar-refractivity contribution in [1.82, 2.24) is 0 Å². The highest BCUT2D eigenvalue weighted by molar-refractivity contribution is 5.55. The largest absolute Gasteiger partial charge is 0.497 e. The van der Waals surface area contributed by atoms with Crippen LogP contribution >= 0.6 is 0 Å². The summed E-state index contributed by atoms with van der Waals surface area (Å²) in [5.74, 6) is 3.10. The van der Waals surface area contributed by atoms with E-state index in [1.165, 1.54) is 103 Å². The molecule has 0 heterocycles. The zero-order chi connectivity index (χ0) is 27.4. The number of rotatable bonds is 8. The van der Waals surface area contributed by atoms with Gasteiger partial charge in [0.05, 0.1) is 20.8 Å². The van der Waals surface area contributed by atoms with Crippen LogP contribution in [-0.4, -0.2) is 19.3 Å². The first kappa shape index (κ1) is 27.8. The summed E-state index contributed by atoms with van der Waals surface area (Å²) in [6, 6.07) is 18.1. The van der Waals surface area contributed by atoms with Crippen molar-refractivity contribution in [2.24, 2.45) is 0 Å². The molecule has 2 aliphatic rings. The molecule has 3 nitrogen and oxygen atoms in total. The minimum absolute atomic E-state index is 0.0965. The molecule has 0 amide bonds. The van der Waals surface area contributed by atoms with Gasteiger partial charge >= 0.3 is 0 Å². The summed E-state index contributed by atoms with van der Waals surface area (Å²) in [5.41, 5.74) is 10.3. The predicted molar refractivity (Wildman–Crippen MR) is 160 cm³/mol. The highest BCUT2D eigenvalue weighted by atomic mass is 16.5. The lowest BCUT2D eigenvalue weighted by Crippen LogP contribution is -2.14. The van der Waals surface area contributed by atoms with Crippen molar-refractivity contribution >= 4 is 0 Å². The van der Waals surface area contributed by atoms with Gasteiger partial charge in [-0.05, 0) is 114 Å². The maximum atomic E-state index is 10.3. The molecule has 0 radical (unpaired) electrons. The van der Waals surface area contributed by atoms with Crippen molar-refractivity contribution in [2.75, 3.05) is 14.2 Å². The first-order valence-corrected chi connectivity index (χ1v) is 15.1. The second kappa shape index (κ2) is 12.6. The summed E-state index contributed by atoms with van der Waals surface area (Å²) in [4.78, 5) is 0. The quantitative estimate of drug-likeness (QED) is 0.298. The van der Waals surface area contributed by atoms with E-state index in [1.807, 2.05) is 7.11 Å². The molecule has 2 fully saturated rings. The lowest BCUT2D eigenvalue weighted by molar-refractivity contribution is 0.278. The molecule has 0 aromatic heterocycles. The molecular weight excluding hydrogens is 480 g/mol. The normalized spacial score (nSPS) is 17.7. The summed E-state index contributed by atoms with van der Waals surface area (Å²) in [6.07, 6.45) is 12.7. The molecule has 0 bridgehead atoms.